The van der Waals surface area contributed by atoms with E-state index in [0.29, 0.717) is 5.56 Å². The van der Waals surface area contributed by atoms with Gasteiger partial charge in [-0.05, 0) is 37.3 Å². The van der Waals surface area contributed by atoms with E-state index in [9.17, 15) is 4.79 Å². The number of pyridine rings is 1. The summed E-state index contributed by atoms with van der Waals surface area (Å²) in [6.45, 7) is 1.93. The maximum atomic E-state index is 11.7. The Balaban J connectivity index is 2.06. The SMILES string of the molecule is COC(=O)c1cccc(Nc2cc(C)nc3c(OC)cccc23)c1. The van der Waals surface area contributed by atoms with Gasteiger partial charge in [0.05, 0.1) is 19.8 Å². The Morgan fingerprint density at radius 2 is 1.88 bits per heavy atom. The number of rotatable bonds is 4. The minimum absolute atomic E-state index is 0.365. The van der Waals surface area contributed by atoms with E-state index in [0.717, 1.165) is 33.7 Å². The van der Waals surface area contributed by atoms with Gasteiger partial charge in [0.25, 0.3) is 0 Å². The minimum Gasteiger partial charge on any atom is -0.494 e. The monoisotopic (exact) mass is 322 g/mol. The molecule has 122 valence electrons. The first-order valence-electron chi connectivity index (χ1n) is 7.52. The summed E-state index contributed by atoms with van der Waals surface area (Å²) in [6, 6.07) is 14.9. The van der Waals surface area contributed by atoms with E-state index in [1.54, 1.807) is 19.2 Å². The van der Waals surface area contributed by atoms with Gasteiger partial charge in [-0.1, -0.05) is 18.2 Å². The van der Waals surface area contributed by atoms with Gasteiger partial charge in [0.1, 0.15) is 11.3 Å². The smallest absolute Gasteiger partial charge is 0.337 e. The van der Waals surface area contributed by atoms with Crippen molar-refractivity contribution >= 4 is 28.2 Å². The van der Waals surface area contributed by atoms with Crippen molar-refractivity contribution in [2.75, 3.05) is 19.5 Å². The molecule has 1 aromatic heterocycles. The second-order valence-corrected chi connectivity index (χ2v) is 5.37. The first-order valence-corrected chi connectivity index (χ1v) is 7.52. The first kappa shape index (κ1) is 15.8. The van der Waals surface area contributed by atoms with E-state index in [2.05, 4.69) is 10.3 Å². The lowest BCUT2D eigenvalue weighted by atomic mass is 10.1. The number of nitrogens with zero attached hydrogens (tertiary/aromatic N) is 1. The molecule has 0 unspecified atom stereocenters. The standard InChI is InChI=1S/C19H18N2O3/c1-12-10-16(15-8-5-9-17(23-2)18(15)20-12)21-14-7-4-6-13(11-14)19(22)24-3/h4-11H,1-3H3,(H,20,21). The summed E-state index contributed by atoms with van der Waals surface area (Å²) in [7, 11) is 3.00. The number of methoxy groups -OCH3 is 2. The zero-order valence-corrected chi connectivity index (χ0v) is 13.8. The molecule has 0 saturated heterocycles. The van der Waals surface area contributed by atoms with Crippen LogP contribution in [0.25, 0.3) is 10.9 Å². The number of hydrogen-bond donors (Lipinski definition) is 1. The maximum Gasteiger partial charge on any atom is 0.337 e. The van der Waals surface area contributed by atoms with Crippen molar-refractivity contribution in [3.05, 3.63) is 59.8 Å². The largest absolute Gasteiger partial charge is 0.494 e. The van der Waals surface area contributed by atoms with Crippen LogP contribution >= 0.6 is 0 Å². The van der Waals surface area contributed by atoms with E-state index in [-0.39, 0.29) is 5.97 Å². The highest BCUT2D eigenvalue weighted by atomic mass is 16.5. The first-order chi connectivity index (χ1) is 11.6. The number of ether oxygens (including phenoxy) is 2. The van der Waals surface area contributed by atoms with E-state index in [1.165, 1.54) is 7.11 Å². The van der Waals surface area contributed by atoms with Crippen LogP contribution in [0.3, 0.4) is 0 Å². The number of carbonyl (C=O) groups excluding carboxylic acids is 1. The fraction of sp³-hybridized carbons (Fsp3) is 0.158. The molecule has 5 heteroatoms. The van der Waals surface area contributed by atoms with Crippen LogP contribution in [0.15, 0.2) is 48.5 Å². The van der Waals surface area contributed by atoms with Crippen LogP contribution in [0, 0.1) is 6.92 Å². The van der Waals surface area contributed by atoms with Crippen molar-refractivity contribution in [3.8, 4) is 5.75 Å². The van der Waals surface area contributed by atoms with Gasteiger partial charge >= 0.3 is 5.97 Å². The molecule has 0 bridgehead atoms. The summed E-state index contributed by atoms with van der Waals surface area (Å²) in [4.78, 5) is 16.3. The Kier molecular flexibility index (Phi) is 4.33. The molecule has 0 aliphatic rings. The summed E-state index contributed by atoms with van der Waals surface area (Å²) in [6.07, 6.45) is 0. The van der Waals surface area contributed by atoms with Crippen molar-refractivity contribution in [3.63, 3.8) is 0 Å². The van der Waals surface area contributed by atoms with Crippen molar-refractivity contribution in [1.29, 1.82) is 0 Å². The molecule has 0 radical (unpaired) electrons. The fourth-order valence-corrected chi connectivity index (χ4v) is 2.62. The number of para-hydroxylation sites is 1. The van der Waals surface area contributed by atoms with Crippen molar-refractivity contribution in [2.45, 2.75) is 6.92 Å². The molecule has 2 aromatic carbocycles. The van der Waals surface area contributed by atoms with Gasteiger partial charge < -0.3 is 14.8 Å². The Morgan fingerprint density at radius 1 is 1.08 bits per heavy atom. The summed E-state index contributed by atoms with van der Waals surface area (Å²) < 4.78 is 10.2. The fourth-order valence-electron chi connectivity index (χ4n) is 2.62. The molecule has 0 atom stereocenters. The lowest BCUT2D eigenvalue weighted by Crippen LogP contribution is -2.02. The van der Waals surface area contributed by atoms with E-state index in [4.69, 9.17) is 9.47 Å². The van der Waals surface area contributed by atoms with Crippen LogP contribution in [0.1, 0.15) is 16.1 Å². The number of fused-ring (bicyclic) bond motifs is 1. The second-order valence-electron chi connectivity index (χ2n) is 5.37. The molecule has 5 nitrogen and oxygen atoms in total. The third kappa shape index (κ3) is 3.01. The topological polar surface area (TPSA) is 60.5 Å². The Labute approximate surface area is 140 Å². The average Bonchev–Trinajstić information content (AvgIpc) is 2.60. The number of hydrogen-bond acceptors (Lipinski definition) is 5. The number of aryl methyl sites for hydroxylation is 1. The van der Waals surface area contributed by atoms with Gasteiger partial charge in [-0.2, -0.15) is 0 Å². The Bertz CT molecular complexity index is 906. The molecular formula is C19H18N2O3. The zero-order valence-electron chi connectivity index (χ0n) is 13.8. The Hall–Kier alpha value is -3.08. The van der Waals surface area contributed by atoms with Crippen molar-refractivity contribution in [1.82, 2.24) is 4.98 Å². The predicted molar refractivity (Wildman–Crippen MR) is 94.1 cm³/mol. The van der Waals surface area contributed by atoms with Gasteiger partial charge in [-0.3, -0.25) is 0 Å². The molecular weight excluding hydrogens is 304 g/mol. The average molecular weight is 322 g/mol. The van der Waals surface area contributed by atoms with E-state index >= 15 is 0 Å². The third-order valence-corrected chi connectivity index (χ3v) is 3.71. The third-order valence-electron chi connectivity index (χ3n) is 3.71. The zero-order chi connectivity index (χ0) is 17.1. The highest BCUT2D eigenvalue weighted by Crippen LogP contribution is 2.31. The summed E-state index contributed by atoms with van der Waals surface area (Å²) in [5.74, 6) is 0.360. The number of esters is 1. The van der Waals surface area contributed by atoms with Crippen LogP contribution in [0.2, 0.25) is 0 Å². The van der Waals surface area contributed by atoms with Crippen LogP contribution in [-0.4, -0.2) is 25.2 Å². The lowest BCUT2D eigenvalue weighted by Gasteiger charge is -2.13. The molecule has 0 aliphatic heterocycles. The van der Waals surface area contributed by atoms with Gasteiger partial charge in [0, 0.05) is 22.5 Å². The minimum atomic E-state index is -0.365. The van der Waals surface area contributed by atoms with Crippen LogP contribution < -0.4 is 10.1 Å². The molecule has 0 fully saturated rings. The van der Waals surface area contributed by atoms with Crippen LogP contribution in [0.4, 0.5) is 11.4 Å². The van der Waals surface area contributed by atoms with Crippen LogP contribution in [0.5, 0.6) is 5.75 Å². The van der Waals surface area contributed by atoms with Gasteiger partial charge in [0.2, 0.25) is 0 Å². The lowest BCUT2D eigenvalue weighted by molar-refractivity contribution is 0.0601. The molecule has 0 saturated carbocycles. The van der Waals surface area contributed by atoms with Crippen molar-refractivity contribution < 1.29 is 14.3 Å². The molecule has 24 heavy (non-hydrogen) atoms. The summed E-state index contributed by atoms with van der Waals surface area (Å²) in [5.41, 5.74) is 3.87. The van der Waals surface area contributed by atoms with Gasteiger partial charge in [0.15, 0.2) is 0 Å². The summed E-state index contributed by atoms with van der Waals surface area (Å²) >= 11 is 0. The number of nitrogens with one attached hydrogen (secondary N) is 1. The molecule has 3 rings (SSSR count). The number of aromatic nitrogens is 1. The predicted octanol–water partition coefficient (Wildman–Crippen LogP) is 4.08. The number of benzene rings is 2. The highest BCUT2D eigenvalue weighted by Gasteiger charge is 2.10. The molecule has 3 aromatic rings. The normalized spacial score (nSPS) is 10.5. The van der Waals surface area contributed by atoms with E-state index < -0.39 is 0 Å². The molecule has 0 spiro atoms. The highest BCUT2D eigenvalue weighted by molar-refractivity contribution is 5.97. The quantitative estimate of drug-likeness (QED) is 0.733. The van der Waals surface area contributed by atoms with Crippen molar-refractivity contribution in [2.24, 2.45) is 0 Å². The molecule has 1 heterocycles. The van der Waals surface area contributed by atoms with Gasteiger partial charge in [-0.15, -0.1) is 0 Å². The molecule has 0 aliphatic carbocycles. The maximum absolute atomic E-state index is 11.7. The number of anilines is 2. The summed E-state index contributed by atoms with van der Waals surface area (Å²) in [5, 5.41) is 4.30. The molecule has 1 N–H and O–H groups in total. The Morgan fingerprint density at radius 3 is 2.62 bits per heavy atom. The molecule has 0 amide bonds. The van der Waals surface area contributed by atoms with Gasteiger partial charge in [-0.25, -0.2) is 9.78 Å². The second kappa shape index (κ2) is 6.58. The number of carbonyl (C=O) groups is 1. The van der Waals surface area contributed by atoms with Crippen LogP contribution in [-0.2, 0) is 4.74 Å². The van der Waals surface area contributed by atoms with E-state index in [1.807, 2.05) is 43.3 Å².